The van der Waals surface area contributed by atoms with Gasteiger partial charge in [0.2, 0.25) is 0 Å². The number of amides is 1. The highest BCUT2D eigenvalue weighted by molar-refractivity contribution is 7.12. The van der Waals surface area contributed by atoms with Gasteiger partial charge in [-0.1, -0.05) is 12.1 Å². The van der Waals surface area contributed by atoms with Crippen LogP contribution in [0, 0.1) is 6.92 Å². The molecule has 0 radical (unpaired) electrons. The van der Waals surface area contributed by atoms with Gasteiger partial charge in [-0.25, -0.2) is 4.98 Å². The Morgan fingerprint density at radius 2 is 2.00 bits per heavy atom. The summed E-state index contributed by atoms with van der Waals surface area (Å²) in [5.74, 6) is 0.843. The summed E-state index contributed by atoms with van der Waals surface area (Å²) in [7, 11) is 2.01. The highest BCUT2D eigenvalue weighted by atomic mass is 32.1. The highest BCUT2D eigenvalue weighted by Crippen LogP contribution is 2.18. The molecule has 0 fully saturated rings. The van der Waals surface area contributed by atoms with Crippen molar-refractivity contribution in [1.82, 2.24) is 15.3 Å². The number of nitrogens with one attached hydrogen (secondary N) is 1. The predicted molar refractivity (Wildman–Crippen MR) is 106 cm³/mol. The van der Waals surface area contributed by atoms with Crippen LogP contribution >= 0.6 is 11.3 Å². The molecule has 0 unspecified atom stereocenters. The van der Waals surface area contributed by atoms with Crippen LogP contribution in [-0.4, -0.2) is 29.5 Å². The lowest BCUT2D eigenvalue weighted by Gasteiger charge is -2.21. The Morgan fingerprint density at radius 3 is 2.73 bits per heavy atom. The van der Waals surface area contributed by atoms with Crippen molar-refractivity contribution >= 4 is 23.1 Å². The van der Waals surface area contributed by atoms with Crippen molar-refractivity contribution in [2.24, 2.45) is 0 Å². The molecule has 0 spiro atoms. The van der Waals surface area contributed by atoms with E-state index in [-0.39, 0.29) is 5.91 Å². The maximum absolute atomic E-state index is 12.3. The van der Waals surface area contributed by atoms with Crippen LogP contribution in [0.3, 0.4) is 0 Å². The van der Waals surface area contributed by atoms with Crippen LogP contribution in [0.15, 0.2) is 54.2 Å². The van der Waals surface area contributed by atoms with Gasteiger partial charge in [0.1, 0.15) is 5.82 Å². The van der Waals surface area contributed by atoms with E-state index < -0.39 is 0 Å². The third-order valence-corrected chi connectivity index (χ3v) is 5.18. The molecule has 1 N–H and O–H groups in total. The topological polar surface area (TPSA) is 58.1 Å². The molecule has 0 atom stereocenters. The van der Waals surface area contributed by atoms with Crippen LogP contribution in [0.1, 0.15) is 26.5 Å². The molecule has 134 valence electrons. The number of carbonyl (C=O) groups excluding carboxylic acids is 1. The first-order chi connectivity index (χ1) is 12.6. The van der Waals surface area contributed by atoms with Gasteiger partial charge in [-0.05, 0) is 42.1 Å². The van der Waals surface area contributed by atoms with Crippen LogP contribution in [0.25, 0.3) is 0 Å². The van der Waals surface area contributed by atoms with Gasteiger partial charge in [-0.3, -0.25) is 9.78 Å². The maximum Gasteiger partial charge on any atom is 0.261 e. The van der Waals surface area contributed by atoms with Crippen molar-refractivity contribution in [3.63, 3.8) is 0 Å². The summed E-state index contributed by atoms with van der Waals surface area (Å²) in [6.07, 6.45) is 4.43. The molecule has 3 heterocycles. The molecule has 3 rings (SSSR count). The molecule has 3 aromatic rings. The number of hydrogen-bond acceptors (Lipinski definition) is 5. The highest BCUT2D eigenvalue weighted by Gasteiger charge is 2.13. The molecular formula is C20H22N4OS. The van der Waals surface area contributed by atoms with Gasteiger partial charge in [0.15, 0.2) is 0 Å². The van der Waals surface area contributed by atoms with E-state index in [4.69, 9.17) is 0 Å². The first-order valence-corrected chi connectivity index (χ1v) is 9.40. The summed E-state index contributed by atoms with van der Waals surface area (Å²) in [6, 6.07) is 11.8. The Balaban J connectivity index is 1.64. The normalized spacial score (nSPS) is 10.5. The minimum atomic E-state index is -0.0385. The molecule has 0 aliphatic rings. The Bertz CT molecular complexity index is 863. The minimum Gasteiger partial charge on any atom is -0.359 e. The zero-order chi connectivity index (χ0) is 18.4. The standard InChI is InChI=1S/C20H22N4OS/c1-15-9-13-26-18(15)20(25)23-14-16-6-5-11-22-19(16)24(2)12-8-17-7-3-4-10-21-17/h3-7,9-11,13H,8,12,14H2,1-2H3,(H,23,25). The summed E-state index contributed by atoms with van der Waals surface area (Å²) in [6.45, 7) is 3.21. The van der Waals surface area contributed by atoms with Crippen molar-refractivity contribution in [2.75, 3.05) is 18.5 Å². The monoisotopic (exact) mass is 366 g/mol. The fourth-order valence-electron chi connectivity index (χ4n) is 2.71. The number of anilines is 1. The molecule has 0 saturated heterocycles. The number of nitrogens with zero attached hydrogens (tertiary/aromatic N) is 3. The second-order valence-electron chi connectivity index (χ2n) is 6.09. The van der Waals surface area contributed by atoms with Gasteiger partial charge in [0.05, 0.1) is 4.88 Å². The molecule has 6 heteroatoms. The van der Waals surface area contributed by atoms with Gasteiger partial charge in [0, 0.05) is 50.2 Å². The molecule has 0 aromatic carbocycles. The van der Waals surface area contributed by atoms with Crippen molar-refractivity contribution in [3.8, 4) is 0 Å². The number of thiophene rings is 1. The number of likely N-dealkylation sites (N-methyl/N-ethyl adjacent to an activating group) is 1. The maximum atomic E-state index is 12.3. The summed E-state index contributed by atoms with van der Waals surface area (Å²) < 4.78 is 0. The van der Waals surface area contributed by atoms with Crippen LogP contribution in [0.5, 0.6) is 0 Å². The number of aromatic nitrogens is 2. The van der Waals surface area contributed by atoms with E-state index in [9.17, 15) is 4.79 Å². The molecule has 0 bridgehead atoms. The average molecular weight is 366 g/mol. The predicted octanol–water partition coefficient (Wildman–Crippen LogP) is 3.46. The zero-order valence-corrected chi connectivity index (χ0v) is 15.8. The number of rotatable bonds is 7. The lowest BCUT2D eigenvalue weighted by atomic mass is 10.2. The first kappa shape index (κ1) is 18.1. The van der Waals surface area contributed by atoms with Crippen LogP contribution in [0.2, 0.25) is 0 Å². The Morgan fingerprint density at radius 1 is 1.15 bits per heavy atom. The molecular weight excluding hydrogens is 344 g/mol. The SMILES string of the molecule is Cc1ccsc1C(=O)NCc1cccnc1N(C)CCc1ccccn1. The van der Waals surface area contributed by atoms with Gasteiger partial charge < -0.3 is 10.2 Å². The smallest absolute Gasteiger partial charge is 0.261 e. The Labute approximate surface area is 157 Å². The van der Waals surface area contributed by atoms with Crippen molar-refractivity contribution < 1.29 is 4.79 Å². The van der Waals surface area contributed by atoms with Crippen molar-refractivity contribution in [1.29, 1.82) is 0 Å². The largest absolute Gasteiger partial charge is 0.359 e. The van der Waals surface area contributed by atoms with Crippen LogP contribution in [-0.2, 0) is 13.0 Å². The minimum absolute atomic E-state index is 0.0385. The lowest BCUT2D eigenvalue weighted by molar-refractivity contribution is 0.0954. The third-order valence-electron chi connectivity index (χ3n) is 4.17. The van der Waals surface area contributed by atoms with Gasteiger partial charge in [0.25, 0.3) is 5.91 Å². The quantitative estimate of drug-likeness (QED) is 0.696. The molecule has 1 amide bonds. The van der Waals surface area contributed by atoms with E-state index in [1.165, 1.54) is 11.3 Å². The van der Waals surface area contributed by atoms with E-state index in [1.807, 2.05) is 61.9 Å². The van der Waals surface area contributed by atoms with E-state index in [0.717, 1.165) is 40.5 Å². The lowest BCUT2D eigenvalue weighted by Crippen LogP contribution is -2.27. The average Bonchev–Trinajstić information content (AvgIpc) is 3.11. The van der Waals surface area contributed by atoms with Gasteiger partial charge in [-0.2, -0.15) is 0 Å². The Hall–Kier alpha value is -2.73. The number of aryl methyl sites for hydroxylation is 1. The van der Waals surface area contributed by atoms with Crippen LogP contribution < -0.4 is 10.2 Å². The fourth-order valence-corrected chi connectivity index (χ4v) is 3.55. The number of hydrogen-bond donors (Lipinski definition) is 1. The number of carbonyl (C=O) groups is 1. The summed E-state index contributed by atoms with van der Waals surface area (Å²) in [5, 5.41) is 4.94. The van der Waals surface area contributed by atoms with E-state index in [1.54, 1.807) is 6.20 Å². The van der Waals surface area contributed by atoms with Gasteiger partial charge >= 0.3 is 0 Å². The number of pyridine rings is 2. The van der Waals surface area contributed by atoms with E-state index in [2.05, 4.69) is 20.2 Å². The summed E-state index contributed by atoms with van der Waals surface area (Å²) in [4.78, 5) is 24.1. The zero-order valence-electron chi connectivity index (χ0n) is 15.0. The van der Waals surface area contributed by atoms with Crippen molar-refractivity contribution in [2.45, 2.75) is 19.9 Å². The molecule has 26 heavy (non-hydrogen) atoms. The van der Waals surface area contributed by atoms with Crippen LogP contribution in [0.4, 0.5) is 5.82 Å². The van der Waals surface area contributed by atoms with Crippen molar-refractivity contribution in [3.05, 3.63) is 75.9 Å². The second-order valence-corrected chi connectivity index (χ2v) is 7.01. The molecule has 5 nitrogen and oxygen atoms in total. The Kier molecular flexibility index (Phi) is 5.96. The summed E-state index contributed by atoms with van der Waals surface area (Å²) in [5.41, 5.74) is 3.06. The van der Waals surface area contributed by atoms with Gasteiger partial charge in [-0.15, -0.1) is 11.3 Å². The molecule has 3 aromatic heterocycles. The molecule has 0 aliphatic carbocycles. The van der Waals surface area contributed by atoms with E-state index in [0.29, 0.717) is 6.54 Å². The first-order valence-electron chi connectivity index (χ1n) is 8.52. The molecule has 0 aliphatic heterocycles. The van der Waals surface area contributed by atoms with E-state index >= 15 is 0 Å². The summed E-state index contributed by atoms with van der Waals surface area (Å²) >= 11 is 1.46. The fraction of sp³-hybridized carbons (Fsp3) is 0.250. The molecule has 0 saturated carbocycles. The third kappa shape index (κ3) is 4.46. The second kappa shape index (κ2) is 8.58.